The Balaban J connectivity index is 1.54. The Hall–Kier alpha value is -3.15. The predicted molar refractivity (Wildman–Crippen MR) is 84.7 cm³/mol. The molecule has 0 atom stereocenters. The number of H-pyrrole nitrogens is 1. The molecule has 0 fully saturated rings. The van der Waals surface area contributed by atoms with Crippen LogP contribution in [0, 0.1) is 0 Å². The Kier molecular flexibility index (Phi) is 4.33. The molecule has 1 aromatic heterocycles. The summed E-state index contributed by atoms with van der Waals surface area (Å²) in [4.78, 5) is 23.9. The summed E-state index contributed by atoms with van der Waals surface area (Å²) in [6.07, 6.45) is 1.64. The number of benzene rings is 2. The van der Waals surface area contributed by atoms with Gasteiger partial charge in [0.25, 0.3) is 5.91 Å². The number of aromatic amines is 1. The van der Waals surface area contributed by atoms with Gasteiger partial charge in [0.15, 0.2) is 0 Å². The van der Waals surface area contributed by atoms with Crippen molar-refractivity contribution in [3.63, 3.8) is 0 Å². The summed E-state index contributed by atoms with van der Waals surface area (Å²) >= 11 is 0. The molecule has 116 valence electrons. The van der Waals surface area contributed by atoms with Crippen LogP contribution in [0.3, 0.4) is 0 Å². The van der Waals surface area contributed by atoms with Crippen LogP contribution in [0.4, 0.5) is 0 Å². The normalized spacial score (nSPS) is 10.4. The van der Waals surface area contributed by atoms with Gasteiger partial charge in [0.1, 0.15) is 13.2 Å². The van der Waals surface area contributed by atoms with Gasteiger partial charge in [-0.2, -0.15) is 5.10 Å². The quantitative estimate of drug-likeness (QED) is 0.706. The van der Waals surface area contributed by atoms with Crippen molar-refractivity contribution in [3.8, 4) is 0 Å². The predicted octanol–water partition coefficient (Wildman–Crippen LogP) is 2.04. The first-order valence-corrected chi connectivity index (χ1v) is 7.14. The number of rotatable bonds is 5. The van der Waals surface area contributed by atoms with Gasteiger partial charge in [0, 0.05) is 5.39 Å². The molecule has 1 amide bonds. The number of para-hydroxylation sites is 1. The number of esters is 1. The number of ether oxygens (including phenoxy) is 1. The summed E-state index contributed by atoms with van der Waals surface area (Å²) in [6, 6.07) is 14.7. The van der Waals surface area contributed by atoms with E-state index in [1.165, 1.54) is 0 Å². The SMILES string of the molecule is O=C(CNC(=O)c1cccc2cn[nH]c12)OCc1ccccc1. The van der Waals surface area contributed by atoms with Gasteiger partial charge in [-0.05, 0) is 11.6 Å². The van der Waals surface area contributed by atoms with Crippen molar-refractivity contribution in [3.05, 3.63) is 65.9 Å². The minimum atomic E-state index is -0.487. The van der Waals surface area contributed by atoms with Gasteiger partial charge < -0.3 is 10.1 Å². The smallest absolute Gasteiger partial charge is 0.325 e. The van der Waals surface area contributed by atoms with E-state index < -0.39 is 5.97 Å². The van der Waals surface area contributed by atoms with Gasteiger partial charge in [-0.3, -0.25) is 14.7 Å². The second-order valence-corrected chi connectivity index (χ2v) is 4.97. The average molecular weight is 309 g/mol. The lowest BCUT2D eigenvalue weighted by atomic mass is 10.1. The maximum Gasteiger partial charge on any atom is 0.325 e. The van der Waals surface area contributed by atoms with E-state index in [4.69, 9.17) is 4.74 Å². The highest BCUT2D eigenvalue weighted by atomic mass is 16.5. The summed E-state index contributed by atoms with van der Waals surface area (Å²) < 4.78 is 5.11. The number of fused-ring (bicyclic) bond motifs is 1. The van der Waals surface area contributed by atoms with Crippen LogP contribution in [-0.2, 0) is 16.1 Å². The van der Waals surface area contributed by atoms with Crippen molar-refractivity contribution >= 4 is 22.8 Å². The molecule has 0 radical (unpaired) electrons. The van der Waals surface area contributed by atoms with E-state index in [2.05, 4.69) is 15.5 Å². The van der Waals surface area contributed by atoms with Crippen LogP contribution in [0.2, 0.25) is 0 Å². The Bertz CT molecular complexity index is 827. The Morgan fingerprint density at radius 1 is 1.09 bits per heavy atom. The zero-order valence-electron chi connectivity index (χ0n) is 12.3. The molecule has 6 nitrogen and oxygen atoms in total. The van der Waals surface area contributed by atoms with Gasteiger partial charge in [-0.1, -0.05) is 42.5 Å². The molecule has 3 aromatic rings. The first-order chi connectivity index (χ1) is 11.2. The van der Waals surface area contributed by atoms with Crippen LogP contribution < -0.4 is 5.32 Å². The number of hydrogen-bond acceptors (Lipinski definition) is 4. The van der Waals surface area contributed by atoms with Crippen molar-refractivity contribution in [2.45, 2.75) is 6.61 Å². The van der Waals surface area contributed by atoms with Crippen molar-refractivity contribution in [1.29, 1.82) is 0 Å². The number of aromatic nitrogens is 2. The highest BCUT2D eigenvalue weighted by Crippen LogP contribution is 2.15. The molecule has 23 heavy (non-hydrogen) atoms. The lowest BCUT2D eigenvalue weighted by molar-refractivity contribution is -0.143. The van der Waals surface area contributed by atoms with Crippen LogP contribution in [0.25, 0.3) is 10.9 Å². The number of nitrogens with one attached hydrogen (secondary N) is 2. The van der Waals surface area contributed by atoms with Crippen molar-refractivity contribution in [2.24, 2.45) is 0 Å². The third kappa shape index (κ3) is 3.55. The molecule has 0 saturated heterocycles. The Morgan fingerprint density at radius 2 is 1.91 bits per heavy atom. The molecular weight excluding hydrogens is 294 g/mol. The fourth-order valence-electron chi connectivity index (χ4n) is 2.19. The zero-order valence-corrected chi connectivity index (χ0v) is 12.3. The summed E-state index contributed by atoms with van der Waals surface area (Å²) in [7, 11) is 0. The molecular formula is C17H15N3O3. The minimum Gasteiger partial charge on any atom is -0.460 e. The van der Waals surface area contributed by atoms with E-state index in [0.29, 0.717) is 11.1 Å². The monoisotopic (exact) mass is 309 g/mol. The summed E-state index contributed by atoms with van der Waals surface area (Å²) in [6.45, 7) is 0.00185. The van der Waals surface area contributed by atoms with Crippen LogP contribution in [0.1, 0.15) is 15.9 Å². The highest BCUT2D eigenvalue weighted by Gasteiger charge is 2.13. The number of hydrogen-bond donors (Lipinski definition) is 2. The molecule has 6 heteroatoms. The second-order valence-electron chi connectivity index (χ2n) is 4.97. The van der Waals surface area contributed by atoms with Crippen molar-refractivity contribution < 1.29 is 14.3 Å². The van der Waals surface area contributed by atoms with E-state index in [1.807, 2.05) is 36.4 Å². The highest BCUT2D eigenvalue weighted by molar-refractivity contribution is 6.06. The van der Waals surface area contributed by atoms with E-state index in [1.54, 1.807) is 18.3 Å². The summed E-state index contributed by atoms with van der Waals surface area (Å²) in [5, 5.41) is 10.1. The molecule has 0 saturated carbocycles. The average Bonchev–Trinajstić information content (AvgIpc) is 3.07. The van der Waals surface area contributed by atoms with Gasteiger partial charge in [-0.15, -0.1) is 0 Å². The minimum absolute atomic E-state index is 0.184. The molecule has 0 aliphatic heterocycles. The number of nitrogens with zero attached hydrogens (tertiary/aromatic N) is 1. The van der Waals surface area contributed by atoms with E-state index >= 15 is 0 Å². The summed E-state index contributed by atoms with van der Waals surface area (Å²) in [5.74, 6) is -0.838. The molecule has 2 aromatic carbocycles. The van der Waals surface area contributed by atoms with Crippen LogP contribution in [0.5, 0.6) is 0 Å². The molecule has 0 bridgehead atoms. The van der Waals surface area contributed by atoms with Gasteiger partial charge >= 0.3 is 5.97 Å². The van der Waals surface area contributed by atoms with Crippen LogP contribution in [0.15, 0.2) is 54.7 Å². The van der Waals surface area contributed by atoms with Gasteiger partial charge in [0.2, 0.25) is 0 Å². The molecule has 0 unspecified atom stereocenters. The molecule has 2 N–H and O–H groups in total. The molecule has 0 spiro atoms. The first kappa shape index (κ1) is 14.8. The van der Waals surface area contributed by atoms with Gasteiger partial charge in [-0.25, -0.2) is 0 Å². The van der Waals surface area contributed by atoms with Crippen molar-refractivity contribution in [2.75, 3.05) is 6.54 Å². The fourth-order valence-corrected chi connectivity index (χ4v) is 2.19. The third-order valence-corrected chi connectivity index (χ3v) is 3.36. The van der Waals surface area contributed by atoms with E-state index in [9.17, 15) is 9.59 Å². The maximum absolute atomic E-state index is 12.2. The number of carbonyl (C=O) groups is 2. The Labute approximate surface area is 132 Å². The van der Waals surface area contributed by atoms with Gasteiger partial charge in [0.05, 0.1) is 17.3 Å². The van der Waals surface area contributed by atoms with E-state index in [-0.39, 0.29) is 19.1 Å². The first-order valence-electron chi connectivity index (χ1n) is 7.14. The van der Waals surface area contributed by atoms with E-state index in [0.717, 1.165) is 10.9 Å². The lowest BCUT2D eigenvalue weighted by Gasteiger charge is -2.07. The van der Waals surface area contributed by atoms with Crippen LogP contribution >= 0.6 is 0 Å². The molecule has 1 heterocycles. The fraction of sp³-hybridized carbons (Fsp3) is 0.118. The zero-order chi connectivity index (χ0) is 16.1. The number of amides is 1. The molecule has 3 rings (SSSR count). The topological polar surface area (TPSA) is 84.1 Å². The lowest BCUT2D eigenvalue weighted by Crippen LogP contribution is -2.30. The largest absolute Gasteiger partial charge is 0.460 e. The maximum atomic E-state index is 12.2. The van der Waals surface area contributed by atoms with Crippen molar-refractivity contribution in [1.82, 2.24) is 15.5 Å². The Morgan fingerprint density at radius 3 is 2.74 bits per heavy atom. The second kappa shape index (κ2) is 6.74. The third-order valence-electron chi connectivity index (χ3n) is 3.36. The standard InChI is InChI=1S/C17H15N3O3/c21-15(23-11-12-5-2-1-3-6-12)10-18-17(22)14-8-4-7-13-9-19-20-16(13)14/h1-9H,10-11H2,(H,18,22)(H,19,20). The molecule has 0 aliphatic carbocycles. The number of carbonyl (C=O) groups excluding carboxylic acids is 2. The van der Waals surface area contributed by atoms with Crippen LogP contribution in [-0.4, -0.2) is 28.6 Å². The summed E-state index contributed by atoms with van der Waals surface area (Å²) in [5.41, 5.74) is 1.98. The molecule has 0 aliphatic rings.